The molecule has 3 aromatic rings. The third kappa shape index (κ3) is 6.05. The van der Waals surface area contributed by atoms with E-state index in [0.29, 0.717) is 26.9 Å². The highest BCUT2D eigenvalue weighted by Gasteiger charge is 2.37. The van der Waals surface area contributed by atoms with Gasteiger partial charge in [-0.05, 0) is 73.0 Å². The summed E-state index contributed by atoms with van der Waals surface area (Å²) >= 11 is 12.3. The number of carbonyl (C=O) groups excluding carboxylic acids is 4. The number of anilines is 2. The van der Waals surface area contributed by atoms with E-state index in [4.69, 9.17) is 32.7 Å². The second-order valence-electron chi connectivity index (χ2n) is 8.55. The number of carbonyl (C=O) groups is 4. The van der Waals surface area contributed by atoms with E-state index in [-0.39, 0.29) is 29.4 Å². The van der Waals surface area contributed by atoms with Crippen molar-refractivity contribution in [2.75, 3.05) is 23.9 Å². The molecular formula is C28H23Cl2N3O6. The first-order chi connectivity index (χ1) is 18.6. The van der Waals surface area contributed by atoms with E-state index in [2.05, 4.69) is 10.6 Å². The third-order valence-electron chi connectivity index (χ3n) is 5.89. The average molecular weight is 568 g/mol. The fourth-order valence-corrected chi connectivity index (χ4v) is 4.14. The lowest BCUT2D eigenvalue weighted by Gasteiger charge is -2.27. The number of rotatable bonds is 7. The molecule has 0 bridgehead atoms. The summed E-state index contributed by atoms with van der Waals surface area (Å²) in [5, 5.41) is 5.78. The maximum atomic E-state index is 13.2. The number of barbiturate groups is 1. The van der Waals surface area contributed by atoms with E-state index in [1.54, 1.807) is 49.4 Å². The Labute approximate surface area is 234 Å². The number of amides is 5. The Hall–Kier alpha value is -4.34. The van der Waals surface area contributed by atoms with Crippen molar-refractivity contribution in [2.24, 2.45) is 0 Å². The van der Waals surface area contributed by atoms with Gasteiger partial charge in [-0.2, -0.15) is 0 Å². The first-order valence-corrected chi connectivity index (χ1v) is 12.4. The lowest BCUT2D eigenvalue weighted by molar-refractivity contribution is -0.122. The van der Waals surface area contributed by atoms with E-state index in [1.807, 2.05) is 6.92 Å². The standard InChI is InChI=1S/C28H23Cl2N3O6/c1-15-7-9-18(13-21(15)30)31-25(34)14-39-23-10-8-17(12-24(23)38-3)11-19-26(35)32-28(37)33(27(19)36)22-6-4-5-20(29)16(22)2/h4-13H,14H2,1-3H3,(H,31,34)(H,32,35,37)/b19-11-. The molecule has 3 aromatic carbocycles. The van der Waals surface area contributed by atoms with Crippen molar-refractivity contribution in [3.8, 4) is 11.5 Å². The Morgan fingerprint density at radius 1 is 1.00 bits per heavy atom. The van der Waals surface area contributed by atoms with Gasteiger partial charge >= 0.3 is 6.03 Å². The van der Waals surface area contributed by atoms with Crippen LogP contribution in [0.1, 0.15) is 16.7 Å². The molecule has 0 atom stereocenters. The van der Waals surface area contributed by atoms with Crippen LogP contribution in [0.15, 0.2) is 60.2 Å². The summed E-state index contributed by atoms with van der Waals surface area (Å²) in [4.78, 5) is 51.5. The number of benzene rings is 3. The Morgan fingerprint density at radius 2 is 1.77 bits per heavy atom. The van der Waals surface area contributed by atoms with Crippen LogP contribution < -0.4 is 25.0 Å². The van der Waals surface area contributed by atoms with Gasteiger partial charge in [-0.15, -0.1) is 0 Å². The Kier molecular flexibility index (Phi) is 8.23. The minimum Gasteiger partial charge on any atom is -0.493 e. The number of ether oxygens (including phenoxy) is 2. The number of methoxy groups -OCH3 is 1. The van der Waals surface area contributed by atoms with E-state index in [0.717, 1.165) is 10.5 Å². The highest BCUT2D eigenvalue weighted by molar-refractivity contribution is 6.40. The molecule has 4 rings (SSSR count). The van der Waals surface area contributed by atoms with E-state index < -0.39 is 23.8 Å². The monoisotopic (exact) mass is 567 g/mol. The third-order valence-corrected chi connectivity index (χ3v) is 6.71. The number of halogens is 2. The van der Waals surface area contributed by atoms with Crippen LogP contribution in [0.2, 0.25) is 10.0 Å². The summed E-state index contributed by atoms with van der Waals surface area (Å²) in [6, 6.07) is 13.7. The van der Waals surface area contributed by atoms with Gasteiger partial charge in [0, 0.05) is 15.7 Å². The molecule has 0 saturated carbocycles. The first-order valence-electron chi connectivity index (χ1n) is 11.6. The largest absolute Gasteiger partial charge is 0.493 e. The predicted octanol–water partition coefficient (Wildman–Crippen LogP) is 5.30. The normalized spacial score (nSPS) is 14.3. The lowest BCUT2D eigenvalue weighted by Crippen LogP contribution is -2.54. The zero-order valence-electron chi connectivity index (χ0n) is 21.1. The highest BCUT2D eigenvalue weighted by Crippen LogP contribution is 2.32. The SMILES string of the molecule is COc1cc(/C=C2/C(=O)NC(=O)N(c3cccc(Cl)c3C)C2=O)ccc1OCC(=O)Nc1ccc(C)c(Cl)c1. The quantitative estimate of drug-likeness (QED) is 0.295. The van der Waals surface area contributed by atoms with Gasteiger partial charge in [0.25, 0.3) is 17.7 Å². The first kappa shape index (κ1) is 27.7. The van der Waals surface area contributed by atoms with Gasteiger partial charge in [0.15, 0.2) is 18.1 Å². The molecule has 5 amide bonds. The number of hydrogen-bond acceptors (Lipinski definition) is 6. The van der Waals surface area contributed by atoms with Gasteiger partial charge in [0.2, 0.25) is 0 Å². The van der Waals surface area contributed by atoms with Gasteiger partial charge < -0.3 is 14.8 Å². The molecule has 0 aromatic heterocycles. The van der Waals surface area contributed by atoms with Crippen molar-refractivity contribution in [3.63, 3.8) is 0 Å². The van der Waals surface area contributed by atoms with Crippen molar-refractivity contribution >= 4 is 64.4 Å². The molecule has 2 N–H and O–H groups in total. The van der Waals surface area contributed by atoms with E-state index >= 15 is 0 Å². The van der Waals surface area contributed by atoms with Gasteiger partial charge in [0.05, 0.1) is 12.8 Å². The topological polar surface area (TPSA) is 114 Å². The predicted molar refractivity (Wildman–Crippen MR) is 148 cm³/mol. The van der Waals surface area contributed by atoms with Crippen LogP contribution in [0, 0.1) is 13.8 Å². The maximum absolute atomic E-state index is 13.2. The van der Waals surface area contributed by atoms with Gasteiger partial charge in [-0.1, -0.05) is 41.4 Å². The summed E-state index contributed by atoms with van der Waals surface area (Å²) in [6.07, 6.45) is 1.33. The molecule has 0 radical (unpaired) electrons. The maximum Gasteiger partial charge on any atom is 0.335 e. The summed E-state index contributed by atoms with van der Waals surface area (Å²) in [5.41, 5.74) is 2.35. The van der Waals surface area contributed by atoms with Crippen molar-refractivity contribution in [1.82, 2.24) is 5.32 Å². The second kappa shape index (κ2) is 11.6. The van der Waals surface area contributed by atoms with Gasteiger partial charge in [-0.25, -0.2) is 9.69 Å². The Morgan fingerprint density at radius 3 is 2.49 bits per heavy atom. The molecule has 1 aliphatic heterocycles. The molecule has 1 saturated heterocycles. The van der Waals surface area contributed by atoms with Crippen molar-refractivity contribution < 1.29 is 28.7 Å². The number of aryl methyl sites for hydroxylation is 1. The molecule has 0 unspecified atom stereocenters. The molecule has 11 heteroatoms. The number of imide groups is 2. The summed E-state index contributed by atoms with van der Waals surface area (Å²) < 4.78 is 11.0. The lowest BCUT2D eigenvalue weighted by atomic mass is 10.1. The molecular weight excluding hydrogens is 545 g/mol. The van der Waals surface area contributed by atoms with Crippen LogP contribution in [0.3, 0.4) is 0 Å². The van der Waals surface area contributed by atoms with Crippen molar-refractivity contribution in [1.29, 1.82) is 0 Å². The Bertz CT molecular complexity index is 1540. The van der Waals surface area contributed by atoms with Crippen LogP contribution in [0.25, 0.3) is 6.08 Å². The molecule has 0 spiro atoms. The average Bonchev–Trinajstić information content (AvgIpc) is 2.90. The van der Waals surface area contributed by atoms with Crippen molar-refractivity contribution in [3.05, 3.63) is 86.9 Å². The molecule has 0 aliphatic carbocycles. The number of nitrogens with one attached hydrogen (secondary N) is 2. The minimum absolute atomic E-state index is 0.260. The summed E-state index contributed by atoms with van der Waals surface area (Å²) in [6.45, 7) is 3.21. The van der Waals surface area contributed by atoms with Crippen LogP contribution in [0.4, 0.5) is 16.2 Å². The summed E-state index contributed by atoms with van der Waals surface area (Å²) in [5.74, 6) is -1.52. The van der Waals surface area contributed by atoms with Gasteiger partial charge in [0.1, 0.15) is 5.57 Å². The minimum atomic E-state index is -0.875. The number of hydrogen-bond donors (Lipinski definition) is 2. The zero-order valence-corrected chi connectivity index (χ0v) is 22.6. The van der Waals surface area contributed by atoms with E-state index in [9.17, 15) is 19.2 Å². The van der Waals surface area contributed by atoms with Crippen LogP contribution in [-0.4, -0.2) is 37.5 Å². The fourth-order valence-electron chi connectivity index (χ4n) is 3.79. The molecule has 39 heavy (non-hydrogen) atoms. The molecule has 1 fully saturated rings. The number of nitrogens with zero attached hydrogens (tertiary/aromatic N) is 1. The van der Waals surface area contributed by atoms with Gasteiger partial charge in [-0.3, -0.25) is 19.7 Å². The summed E-state index contributed by atoms with van der Waals surface area (Å²) in [7, 11) is 1.41. The molecule has 200 valence electrons. The number of urea groups is 1. The Balaban J connectivity index is 1.52. The van der Waals surface area contributed by atoms with E-state index in [1.165, 1.54) is 25.3 Å². The van der Waals surface area contributed by atoms with Crippen LogP contribution in [0.5, 0.6) is 11.5 Å². The molecule has 1 heterocycles. The smallest absolute Gasteiger partial charge is 0.335 e. The fraction of sp³-hybridized carbons (Fsp3) is 0.143. The highest BCUT2D eigenvalue weighted by atomic mass is 35.5. The molecule has 9 nitrogen and oxygen atoms in total. The second-order valence-corrected chi connectivity index (χ2v) is 9.37. The van der Waals surface area contributed by atoms with Crippen LogP contribution >= 0.6 is 23.2 Å². The zero-order chi connectivity index (χ0) is 28.3. The van der Waals surface area contributed by atoms with Crippen LogP contribution in [-0.2, 0) is 14.4 Å². The molecule has 1 aliphatic rings. The van der Waals surface area contributed by atoms with Crippen molar-refractivity contribution in [2.45, 2.75) is 13.8 Å².